The minimum atomic E-state index is -0.810. The zero-order valence-corrected chi connectivity index (χ0v) is 27.3. The minimum Gasteiger partial charge on any atom is -0.481 e. The van der Waals surface area contributed by atoms with Crippen LogP contribution < -0.4 is 10.6 Å². The fraction of sp³-hybridized carbons (Fsp3) is 0.848. The van der Waals surface area contributed by atoms with Gasteiger partial charge in [-0.05, 0) is 46.2 Å². The average Bonchev–Trinajstić information content (AvgIpc) is 2.94. The van der Waals surface area contributed by atoms with Crippen LogP contribution in [-0.4, -0.2) is 78.4 Å². The van der Waals surface area contributed by atoms with Gasteiger partial charge in [-0.25, -0.2) is 0 Å². The van der Waals surface area contributed by atoms with Crippen molar-refractivity contribution in [3.05, 3.63) is 0 Å². The van der Waals surface area contributed by atoms with Crippen molar-refractivity contribution in [3.63, 3.8) is 0 Å². The number of hydrogen-bond acceptors (Lipinski definition) is 6. The van der Waals surface area contributed by atoms with Crippen LogP contribution in [0.5, 0.6) is 0 Å². The molecular weight excluding hydrogens is 550 g/mol. The summed E-state index contributed by atoms with van der Waals surface area (Å²) >= 11 is 0. The van der Waals surface area contributed by atoms with E-state index < -0.39 is 23.8 Å². The van der Waals surface area contributed by atoms with Crippen molar-refractivity contribution < 1.29 is 35.6 Å². The Morgan fingerprint density at radius 3 is 1.70 bits per heavy atom. The number of Topliss-reactive ketones (excluding diaryl/α,β-unsaturated/α-hetero) is 1. The van der Waals surface area contributed by atoms with E-state index in [2.05, 4.69) is 10.6 Å². The molecule has 0 aromatic rings. The lowest BCUT2D eigenvalue weighted by Gasteiger charge is -2.17. The van der Waals surface area contributed by atoms with Gasteiger partial charge in [-0.2, -0.15) is 0 Å². The van der Waals surface area contributed by atoms with Gasteiger partial charge in [0.1, 0.15) is 5.78 Å². The van der Waals surface area contributed by atoms with Crippen molar-refractivity contribution in [2.75, 3.05) is 33.7 Å². The summed E-state index contributed by atoms with van der Waals surface area (Å²) in [5.41, 5.74) is 0. The van der Waals surface area contributed by atoms with Crippen molar-refractivity contribution in [2.45, 2.75) is 135 Å². The highest BCUT2D eigenvalue weighted by atomic mass is 16.4. The SMILES string of the molecule is C[C@@H](CCCCNC(=O)CC[C@H](CC(=O)CCCCCCCCCCCCCCC(=O)O)C(=O)NCCN(C)C)C(=O)O.[HH]. The van der Waals surface area contributed by atoms with Crippen LogP contribution in [0.3, 0.4) is 0 Å². The average molecular weight is 614 g/mol. The molecule has 10 heteroatoms. The number of nitrogens with zero attached hydrogens (tertiary/aromatic N) is 1. The molecule has 0 heterocycles. The standard InChI is InChI=1S/C33H61N3O7.H2/c1-27(33(42)43)18-16-17-23-34-30(38)22-21-28(32(41)35-24-25-36(2)3)26-29(37)19-14-12-10-8-6-4-5-7-9-11-13-15-20-31(39)40;/h27-28H,4-26H2,1-3H3,(H,34,38)(H,35,41)(H,39,40)(H,42,43);1H/t27-,28+;/m0./s1. The number of carboxylic acid groups (broad SMARTS) is 2. The maximum absolute atomic E-state index is 12.8. The Labute approximate surface area is 261 Å². The smallest absolute Gasteiger partial charge is 0.306 e. The zero-order valence-electron chi connectivity index (χ0n) is 27.3. The van der Waals surface area contributed by atoms with Crippen LogP contribution in [0.2, 0.25) is 0 Å². The number of likely N-dealkylation sites (N-methyl/N-ethyl adjacent to an activating group) is 1. The molecule has 2 atom stereocenters. The van der Waals surface area contributed by atoms with Gasteiger partial charge in [0.2, 0.25) is 11.8 Å². The summed E-state index contributed by atoms with van der Waals surface area (Å²) in [7, 11) is 3.85. The molecule has 0 rings (SSSR count). The molecule has 4 N–H and O–H groups in total. The number of rotatable bonds is 30. The lowest BCUT2D eigenvalue weighted by molar-refractivity contribution is -0.141. The second kappa shape index (κ2) is 27.1. The summed E-state index contributed by atoms with van der Waals surface area (Å²) in [5.74, 6) is -2.68. The van der Waals surface area contributed by atoms with E-state index in [0.717, 1.165) is 51.4 Å². The highest BCUT2D eigenvalue weighted by Gasteiger charge is 2.22. The number of amides is 2. The van der Waals surface area contributed by atoms with Gasteiger partial charge >= 0.3 is 11.9 Å². The minimum absolute atomic E-state index is 0. The molecule has 252 valence electrons. The number of aliphatic carboxylic acids is 2. The van der Waals surface area contributed by atoms with Gasteiger partial charge in [-0.1, -0.05) is 77.6 Å². The van der Waals surface area contributed by atoms with Crippen molar-refractivity contribution >= 4 is 29.5 Å². The topological polar surface area (TPSA) is 153 Å². The molecule has 0 bridgehead atoms. The fourth-order valence-electron chi connectivity index (χ4n) is 4.94. The van der Waals surface area contributed by atoms with Crippen LogP contribution in [0.1, 0.15) is 137 Å². The Bertz CT molecular complexity index is 795. The van der Waals surface area contributed by atoms with Crippen LogP contribution in [-0.2, 0) is 24.0 Å². The summed E-state index contributed by atoms with van der Waals surface area (Å²) in [6.07, 6.45) is 16.4. The quantitative estimate of drug-likeness (QED) is 0.0740. The first-order valence-corrected chi connectivity index (χ1v) is 16.7. The molecule has 0 unspecified atom stereocenters. The number of carboxylic acids is 2. The zero-order chi connectivity index (χ0) is 32.3. The molecule has 0 fully saturated rings. The van der Waals surface area contributed by atoms with Crippen LogP contribution in [0.4, 0.5) is 0 Å². The molecule has 0 saturated heterocycles. The van der Waals surface area contributed by atoms with Gasteiger partial charge in [0.05, 0.1) is 5.92 Å². The fourth-order valence-corrected chi connectivity index (χ4v) is 4.94. The Balaban J connectivity index is 0. The molecule has 0 radical (unpaired) electrons. The molecule has 2 amide bonds. The summed E-state index contributed by atoms with van der Waals surface area (Å²) < 4.78 is 0. The lowest BCUT2D eigenvalue weighted by Crippen LogP contribution is -2.37. The van der Waals surface area contributed by atoms with Gasteiger partial charge in [0.25, 0.3) is 0 Å². The van der Waals surface area contributed by atoms with Gasteiger partial charge < -0.3 is 25.7 Å². The molecule has 0 aromatic heterocycles. The van der Waals surface area contributed by atoms with E-state index in [1.54, 1.807) is 6.92 Å². The van der Waals surface area contributed by atoms with Crippen LogP contribution in [0.15, 0.2) is 0 Å². The molecule has 0 aromatic carbocycles. The summed E-state index contributed by atoms with van der Waals surface area (Å²) in [4.78, 5) is 61.2. The Kier molecular flexibility index (Phi) is 25.5. The van der Waals surface area contributed by atoms with Gasteiger partial charge in [0, 0.05) is 52.7 Å². The largest absolute Gasteiger partial charge is 0.481 e. The van der Waals surface area contributed by atoms with E-state index >= 15 is 0 Å². The first-order chi connectivity index (χ1) is 20.5. The first-order valence-electron chi connectivity index (χ1n) is 16.7. The Morgan fingerprint density at radius 2 is 1.19 bits per heavy atom. The number of ketones is 1. The van der Waals surface area contributed by atoms with Gasteiger partial charge in [-0.3, -0.25) is 24.0 Å². The predicted molar refractivity (Wildman–Crippen MR) is 172 cm³/mol. The molecular formula is C33H63N3O7. The van der Waals surface area contributed by atoms with Crippen molar-refractivity contribution in [1.29, 1.82) is 0 Å². The van der Waals surface area contributed by atoms with Gasteiger partial charge in [-0.15, -0.1) is 0 Å². The highest BCUT2D eigenvalue weighted by Crippen LogP contribution is 2.17. The predicted octanol–water partition coefficient (Wildman–Crippen LogP) is 5.82. The van der Waals surface area contributed by atoms with Crippen molar-refractivity contribution in [2.24, 2.45) is 11.8 Å². The number of carbonyl (C=O) groups is 5. The number of nitrogens with one attached hydrogen (secondary N) is 2. The normalized spacial score (nSPS) is 12.6. The summed E-state index contributed by atoms with van der Waals surface area (Å²) in [6, 6.07) is 0. The second-order valence-electron chi connectivity index (χ2n) is 12.3. The lowest BCUT2D eigenvalue weighted by atomic mass is 9.93. The third-order valence-corrected chi connectivity index (χ3v) is 7.83. The third kappa shape index (κ3) is 26.8. The molecule has 0 aliphatic heterocycles. The van der Waals surface area contributed by atoms with E-state index in [0.29, 0.717) is 45.3 Å². The summed E-state index contributed by atoms with van der Waals surface area (Å²) in [5, 5.41) is 23.4. The maximum Gasteiger partial charge on any atom is 0.306 e. The van der Waals surface area contributed by atoms with Crippen molar-refractivity contribution in [1.82, 2.24) is 15.5 Å². The number of hydrogen-bond donors (Lipinski definition) is 4. The number of carbonyl (C=O) groups excluding carboxylic acids is 3. The van der Waals surface area contributed by atoms with Gasteiger partial charge in [0.15, 0.2) is 0 Å². The van der Waals surface area contributed by atoms with Crippen molar-refractivity contribution in [3.8, 4) is 0 Å². The Hall–Kier alpha value is -2.49. The van der Waals surface area contributed by atoms with Crippen LogP contribution in [0.25, 0.3) is 0 Å². The number of unbranched alkanes of at least 4 members (excludes halogenated alkanes) is 12. The first kappa shape index (κ1) is 40.5. The third-order valence-electron chi connectivity index (χ3n) is 7.83. The van der Waals surface area contributed by atoms with E-state index in [1.165, 1.54) is 32.1 Å². The second-order valence-corrected chi connectivity index (χ2v) is 12.3. The summed E-state index contributed by atoms with van der Waals surface area (Å²) in [6.45, 7) is 3.33. The van der Waals surface area contributed by atoms with Crippen LogP contribution in [0, 0.1) is 11.8 Å². The van der Waals surface area contributed by atoms with Crippen LogP contribution >= 0.6 is 0 Å². The molecule has 43 heavy (non-hydrogen) atoms. The van der Waals surface area contributed by atoms with E-state index in [4.69, 9.17) is 10.2 Å². The molecule has 0 aliphatic carbocycles. The molecule has 0 aliphatic rings. The molecule has 10 nitrogen and oxygen atoms in total. The monoisotopic (exact) mass is 613 g/mol. The molecule has 0 spiro atoms. The maximum atomic E-state index is 12.8. The van der Waals surface area contributed by atoms with E-state index in [-0.39, 0.29) is 38.3 Å². The van der Waals surface area contributed by atoms with E-state index in [9.17, 15) is 24.0 Å². The molecule has 0 saturated carbocycles. The Morgan fingerprint density at radius 1 is 0.651 bits per heavy atom. The highest BCUT2D eigenvalue weighted by molar-refractivity contribution is 5.87. The van der Waals surface area contributed by atoms with E-state index in [1.807, 2.05) is 19.0 Å².